The molecule has 6 nitrogen and oxygen atoms in total. The SMILES string of the molecule is CCCCCCCCCCCCCC(=O)NCC(=O)NN=Cc1ccc(OC)cc1. The first-order valence-corrected chi connectivity index (χ1v) is 11.4. The van der Waals surface area contributed by atoms with Crippen molar-refractivity contribution in [2.24, 2.45) is 5.10 Å². The number of unbranched alkanes of at least 4 members (excludes halogenated alkanes) is 10. The first-order valence-electron chi connectivity index (χ1n) is 11.4. The van der Waals surface area contributed by atoms with Gasteiger partial charge in [-0.2, -0.15) is 5.10 Å². The Balaban J connectivity index is 1.97. The van der Waals surface area contributed by atoms with Gasteiger partial charge in [-0.3, -0.25) is 9.59 Å². The maximum atomic E-state index is 11.8. The lowest BCUT2D eigenvalue weighted by Gasteiger charge is -2.05. The van der Waals surface area contributed by atoms with Gasteiger partial charge in [-0.15, -0.1) is 0 Å². The third kappa shape index (κ3) is 13.7. The number of nitrogens with zero attached hydrogens (tertiary/aromatic N) is 1. The molecule has 0 radical (unpaired) electrons. The predicted molar refractivity (Wildman–Crippen MR) is 123 cm³/mol. The van der Waals surface area contributed by atoms with Gasteiger partial charge in [0, 0.05) is 6.42 Å². The molecule has 30 heavy (non-hydrogen) atoms. The van der Waals surface area contributed by atoms with Gasteiger partial charge in [0.2, 0.25) is 5.91 Å². The summed E-state index contributed by atoms with van der Waals surface area (Å²) in [6.07, 6.45) is 15.8. The Morgan fingerprint density at radius 2 is 1.43 bits per heavy atom. The molecule has 0 fully saturated rings. The Kier molecular flexibility index (Phi) is 15.0. The molecule has 0 aliphatic rings. The average molecular weight is 418 g/mol. The number of nitrogens with one attached hydrogen (secondary N) is 2. The van der Waals surface area contributed by atoms with Crippen molar-refractivity contribution < 1.29 is 14.3 Å². The Bertz CT molecular complexity index is 615. The van der Waals surface area contributed by atoms with E-state index in [0.717, 1.165) is 24.2 Å². The molecule has 0 bridgehead atoms. The Morgan fingerprint density at radius 3 is 2.00 bits per heavy atom. The number of benzene rings is 1. The second-order valence-corrected chi connectivity index (χ2v) is 7.63. The van der Waals surface area contributed by atoms with Crippen LogP contribution in [-0.2, 0) is 9.59 Å². The highest BCUT2D eigenvalue weighted by atomic mass is 16.5. The van der Waals surface area contributed by atoms with Crippen LogP contribution in [-0.4, -0.2) is 31.7 Å². The largest absolute Gasteiger partial charge is 0.497 e. The van der Waals surface area contributed by atoms with E-state index in [1.54, 1.807) is 13.3 Å². The van der Waals surface area contributed by atoms with E-state index in [1.165, 1.54) is 57.8 Å². The molecule has 0 saturated carbocycles. The molecule has 0 aliphatic heterocycles. The maximum absolute atomic E-state index is 11.8. The molecule has 1 aromatic rings. The quantitative estimate of drug-likeness (QED) is 0.213. The van der Waals surface area contributed by atoms with E-state index in [2.05, 4.69) is 22.8 Å². The monoisotopic (exact) mass is 417 g/mol. The van der Waals surface area contributed by atoms with Gasteiger partial charge in [0.1, 0.15) is 5.75 Å². The van der Waals surface area contributed by atoms with Gasteiger partial charge in [-0.05, 0) is 36.2 Å². The van der Waals surface area contributed by atoms with Crippen molar-refractivity contribution in [2.75, 3.05) is 13.7 Å². The van der Waals surface area contributed by atoms with Crippen LogP contribution in [0.1, 0.15) is 89.5 Å². The standard InChI is InChI=1S/C24H39N3O3/c1-3-4-5-6-7-8-9-10-11-12-13-14-23(28)25-20-24(29)27-26-19-21-15-17-22(30-2)18-16-21/h15-19H,3-14,20H2,1-2H3,(H,25,28)(H,27,29). The lowest BCUT2D eigenvalue weighted by molar-refractivity contribution is -0.126. The zero-order valence-corrected chi connectivity index (χ0v) is 18.8. The zero-order chi connectivity index (χ0) is 21.9. The highest BCUT2D eigenvalue weighted by molar-refractivity contribution is 5.86. The number of hydrogen-bond donors (Lipinski definition) is 2. The fraction of sp³-hybridized carbons (Fsp3) is 0.625. The van der Waals surface area contributed by atoms with E-state index in [9.17, 15) is 9.59 Å². The minimum absolute atomic E-state index is 0.0587. The van der Waals surface area contributed by atoms with Crippen LogP contribution < -0.4 is 15.5 Å². The summed E-state index contributed by atoms with van der Waals surface area (Å²) in [6.45, 7) is 2.19. The van der Waals surface area contributed by atoms with Gasteiger partial charge < -0.3 is 10.1 Å². The van der Waals surface area contributed by atoms with Crippen molar-refractivity contribution in [3.63, 3.8) is 0 Å². The van der Waals surface area contributed by atoms with Crippen LogP contribution in [0.5, 0.6) is 5.75 Å². The molecule has 0 atom stereocenters. The number of hydrogen-bond acceptors (Lipinski definition) is 4. The molecule has 0 aliphatic carbocycles. The summed E-state index contributed by atoms with van der Waals surface area (Å²) in [6, 6.07) is 7.31. The molecule has 0 unspecified atom stereocenters. The van der Waals surface area contributed by atoms with Crippen LogP contribution in [0.3, 0.4) is 0 Å². The van der Waals surface area contributed by atoms with E-state index in [4.69, 9.17) is 4.74 Å². The fourth-order valence-electron chi connectivity index (χ4n) is 3.13. The third-order valence-electron chi connectivity index (χ3n) is 4.97. The summed E-state index contributed by atoms with van der Waals surface area (Å²) in [5.41, 5.74) is 3.26. The second kappa shape index (κ2) is 17.5. The predicted octanol–water partition coefficient (Wildman–Crippen LogP) is 4.96. The van der Waals surface area contributed by atoms with E-state index in [0.29, 0.717) is 6.42 Å². The molecule has 6 heteroatoms. The first-order chi connectivity index (χ1) is 14.7. The molecule has 0 aromatic heterocycles. The van der Waals surface area contributed by atoms with Crippen LogP contribution in [0.2, 0.25) is 0 Å². The van der Waals surface area contributed by atoms with Crippen molar-refractivity contribution >= 4 is 18.0 Å². The molecule has 0 spiro atoms. The third-order valence-corrected chi connectivity index (χ3v) is 4.97. The van der Waals surface area contributed by atoms with Crippen molar-refractivity contribution in [1.29, 1.82) is 0 Å². The first kappa shape index (κ1) is 25.7. The van der Waals surface area contributed by atoms with Gasteiger partial charge in [0.05, 0.1) is 19.9 Å². The molecule has 2 amide bonds. The molecule has 1 rings (SSSR count). The maximum Gasteiger partial charge on any atom is 0.259 e. The number of hydrazone groups is 1. The highest BCUT2D eigenvalue weighted by Crippen LogP contribution is 2.12. The molecule has 0 saturated heterocycles. The van der Waals surface area contributed by atoms with E-state index in [1.807, 2.05) is 24.3 Å². The van der Waals surface area contributed by atoms with Crippen molar-refractivity contribution in [2.45, 2.75) is 84.0 Å². The number of carbonyl (C=O) groups excluding carboxylic acids is 2. The average Bonchev–Trinajstić information content (AvgIpc) is 2.76. The summed E-state index contributed by atoms with van der Waals surface area (Å²) < 4.78 is 5.08. The van der Waals surface area contributed by atoms with Gasteiger partial charge in [-0.25, -0.2) is 5.43 Å². The summed E-state index contributed by atoms with van der Waals surface area (Å²) >= 11 is 0. The van der Waals surface area contributed by atoms with Gasteiger partial charge in [0.25, 0.3) is 5.91 Å². The summed E-state index contributed by atoms with van der Waals surface area (Å²) in [5, 5.41) is 6.53. The number of amides is 2. The Morgan fingerprint density at radius 1 is 0.867 bits per heavy atom. The van der Waals surface area contributed by atoms with Gasteiger partial charge >= 0.3 is 0 Å². The lowest BCUT2D eigenvalue weighted by Crippen LogP contribution is -2.34. The van der Waals surface area contributed by atoms with Crippen molar-refractivity contribution in [3.05, 3.63) is 29.8 Å². The summed E-state index contributed by atoms with van der Waals surface area (Å²) in [7, 11) is 1.61. The number of rotatable bonds is 17. The van der Waals surface area contributed by atoms with E-state index >= 15 is 0 Å². The van der Waals surface area contributed by atoms with E-state index < -0.39 is 0 Å². The lowest BCUT2D eigenvalue weighted by atomic mass is 10.1. The highest BCUT2D eigenvalue weighted by Gasteiger charge is 2.04. The fourth-order valence-corrected chi connectivity index (χ4v) is 3.13. The van der Waals surface area contributed by atoms with Gasteiger partial charge in [-0.1, -0.05) is 71.1 Å². The second-order valence-electron chi connectivity index (χ2n) is 7.63. The summed E-state index contributed by atoms with van der Waals surface area (Å²) in [5.74, 6) is 0.337. The van der Waals surface area contributed by atoms with Gasteiger partial charge in [0.15, 0.2) is 0 Å². The smallest absolute Gasteiger partial charge is 0.259 e. The zero-order valence-electron chi connectivity index (χ0n) is 18.8. The van der Waals surface area contributed by atoms with Crippen LogP contribution in [0, 0.1) is 0 Å². The number of ether oxygens (including phenoxy) is 1. The number of carbonyl (C=O) groups is 2. The minimum atomic E-state index is -0.341. The molecular formula is C24H39N3O3. The van der Waals surface area contributed by atoms with Crippen LogP contribution in [0.4, 0.5) is 0 Å². The van der Waals surface area contributed by atoms with Crippen molar-refractivity contribution in [3.8, 4) is 5.75 Å². The Hall–Kier alpha value is -2.37. The topological polar surface area (TPSA) is 79.8 Å². The van der Waals surface area contributed by atoms with Crippen LogP contribution in [0.15, 0.2) is 29.4 Å². The van der Waals surface area contributed by atoms with E-state index in [-0.39, 0.29) is 18.4 Å². The van der Waals surface area contributed by atoms with Crippen molar-refractivity contribution in [1.82, 2.24) is 10.7 Å². The molecule has 1 aromatic carbocycles. The van der Waals surface area contributed by atoms with Crippen LogP contribution >= 0.6 is 0 Å². The minimum Gasteiger partial charge on any atom is -0.497 e. The Labute approximate surface area is 181 Å². The molecule has 0 heterocycles. The molecule has 168 valence electrons. The number of methoxy groups -OCH3 is 1. The molecular weight excluding hydrogens is 378 g/mol. The molecule has 2 N–H and O–H groups in total. The normalized spacial score (nSPS) is 10.9. The summed E-state index contributed by atoms with van der Waals surface area (Å²) in [4.78, 5) is 23.6. The van der Waals surface area contributed by atoms with Crippen LogP contribution in [0.25, 0.3) is 0 Å².